The van der Waals surface area contributed by atoms with Crippen LogP contribution in [-0.2, 0) is 20.9 Å². The molecule has 0 aliphatic heterocycles. The number of halogens is 1. The van der Waals surface area contributed by atoms with E-state index in [2.05, 4.69) is 15.7 Å². The number of fused-ring (bicyclic) bond motifs is 3. The maximum Gasteiger partial charge on any atom is 0.407 e. The van der Waals surface area contributed by atoms with Gasteiger partial charge in [0.15, 0.2) is 0 Å². The van der Waals surface area contributed by atoms with E-state index < -0.39 is 24.0 Å². The molecular weight excluding hydrogens is 472 g/mol. The number of aromatic nitrogens is 2. The van der Waals surface area contributed by atoms with Crippen LogP contribution in [0.5, 0.6) is 0 Å². The van der Waals surface area contributed by atoms with Crippen LogP contribution in [0.4, 0.5) is 4.79 Å². The van der Waals surface area contributed by atoms with E-state index in [0.29, 0.717) is 11.6 Å². The van der Waals surface area contributed by atoms with E-state index in [1.807, 2.05) is 48.5 Å². The highest BCUT2D eigenvalue weighted by atomic mass is 35.5. The summed E-state index contributed by atoms with van der Waals surface area (Å²) in [5.74, 6) is -1.69. The molecule has 1 aliphatic carbocycles. The quantitative estimate of drug-likeness (QED) is 0.395. The molecule has 0 fully saturated rings. The molecule has 0 bridgehead atoms. The molecule has 2 aromatic carbocycles. The number of hydrogen-bond acceptors (Lipinski definition) is 5. The van der Waals surface area contributed by atoms with Crippen molar-refractivity contribution in [1.29, 1.82) is 0 Å². The van der Waals surface area contributed by atoms with Gasteiger partial charge in [0.2, 0.25) is 5.91 Å². The molecule has 0 saturated carbocycles. The number of benzene rings is 2. The molecule has 1 aromatic heterocycles. The van der Waals surface area contributed by atoms with Gasteiger partial charge in [0.1, 0.15) is 12.6 Å². The van der Waals surface area contributed by atoms with Crippen molar-refractivity contribution >= 4 is 29.6 Å². The summed E-state index contributed by atoms with van der Waals surface area (Å²) >= 11 is 5.83. The molecule has 10 heteroatoms. The second kappa shape index (κ2) is 11.1. The predicted octanol–water partition coefficient (Wildman–Crippen LogP) is 3.42. The Morgan fingerprint density at radius 1 is 1.09 bits per heavy atom. The molecule has 1 unspecified atom stereocenters. The lowest BCUT2D eigenvalue weighted by atomic mass is 9.98. The second-order valence-corrected chi connectivity index (χ2v) is 8.60. The number of aliphatic carboxylic acids is 1. The monoisotopic (exact) mass is 496 g/mol. The van der Waals surface area contributed by atoms with Gasteiger partial charge in [0.25, 0.3) is 0 Å². The fraction of sp³-hybridized carbons (Fsp3) is 0.280. The standard InChI is InChI=1S/C25H25ClN4O5/c26-16-13-28-30(14-16)12-11-27-24(33)22(9-10-23(31)32)29-25(34)35-15-21-19-7-3-1-5-17(19)18-6-2-4-8-20(18)21/h1-8,13-14,21-22H,9-12,15H2,(H,27,33)(H,29,34)(H,31,32). The third-order valence-electron chi connectivity index (χ3n) is 5.84. The minimum atomic E-state index is -1.07. The van der Waals surface area contributed by atoms with Crippen molar-refractivity contribution < 1.29 is 24.2 Å². The Balaban J connectivity index is 1.35. The van der Waals surface area contributed by atoms with Crippen LogP contribution in [0.15, 0.2) is 60.9 Å². The third-order valence-corrected chi connectivity index (χ3v) is 6.04. The minimum absolute atomic E-state index is 0.0705. The van der Waals surface area contributed by atoms with Gasteiger partial charge in [-0.15, -0.1) is 0 Å². The van der Waals surface area contributed by atoms with Gasteiger partial charge in [-0.25, -0.2) is 4.79 Å². The van der Waals surface area contributed by atoms with E-state index >= 15 is 0 Å². The fourth-order valence-electron chi connectivity index (χ4n) is 4.20. The zero-order valence-electron chi connectivity index (χ0n) is 18.8. The lowest BCUT2D eigenvalue weighted by Gasteiger charge is -2.19. The maximum atomic E-state index is 12.6. The van der Waals surface area contributed by atoms with Crippen molar-refractivity contribution in [2.75, 3.05) is 13.2 Å². The Labute approximate surface area is 207 Å². The Hall–Kier alpha value is -3.85. The molecule has 1 atom stereocenters. The van der Waals surface area contributed by atoms with Crippen molar-refractivity contribution in [2.45, 2.75) is 31.3 Å². The molecule has 2 amide bonds. The van der Waals surface area contributed by atoms with Crippen LogP contribution in [-0.4, -0.2) is 52.1 Å². The van der Waals surface area contributed by atoms with Crippen molar-refractivity contribution in [3.05, 3.63) is 77.1 Å². The van der Waals surface area contributed by atoms with Gasteiger partial charge < -0.3 is 20.5 Å². The molecule has 0 radical (unpaired) electrons. The van der Waals surface area contributed by atoms with E-state index in [9.17, 15) is 14.4 Å². The fourth-order valence-corrected chi connectivity index (χ4v) is 4.35. The number of carboxylic acids is 1. The summed E-state index contributed by atoms with van der Waals surface area (Å²) in [5, 5.41) is 18.7. The van der Waals surface area contributed by atoms with E-state index in [-0.39, 0.29) is 31.9 Å². The number of rotatable bonds is 10. The van der Waals surface area contributed by atoms with Gasteiger partial charge in [-0.3, -0.25) is 14.3 Å². The molecular formula is C25H25ClN4O5. The summed E-state index contributed by atoms with van der Waals surface area (Å²) in [7, 11) is 0. The zero-order chi connectivity index (χ0) is 24.8. The highest BCUT2D eigenvalue weighted by Gasteiger charge is 2.30. The van der Waals surface area contributed by atoms with E-state index in [1.165, 1.54) is 6.20 Å². The van der Waals surface area contributed by atoms with Gasteiger partial charge >= 0.3 is 12.1 Å². The smallest absolute Gasteiger partial charge is 0.407 e. The average Bonchev–Trinajstić information content (AvgIpc) is 3.41. The highest BCUT2D eigenvalue weighted by Crippen LogP contribution is 2.44. The molecule has 35 heavy (non-hydrogen) atoms. The van der Waals surface area contributed by atoms with Gasteiger partial charge in [-0.2, -0.15) is 5.10 Å². The lowest BCUT2D eigenvalue weighted by molar-refractivity contribution is -0.137. The first kappa shape index (κ1) is 24.3. The summed E-state index contributed by atoms with van der Waals surface area (Å²) in [4.78, 5) is 36.3. The summed E-state index contributed by atoms with van der Waals surface area (Å²) in [5.41, 5.74) is 4.35. The van der Waals surface area contributed by atoms with Gasteiger partial charge in [0.05, 0.1) is 17.8 Å². The predicted molar refractivity (Wildman–Crippen MR) is 129 cm³/mol. The number of hydrogen-bond donors (Lipinski definition) is 3. The molecule has 1 aliphatic rings. The molecule has 9 nitrogen and oxygen atoms in total. The van der Waals surface area contributed by atoms with Crippen LogP contribution in [0.2, 0.25) is 5.02 Å². The number of carboxylic acid groups (broad SMARTS) is 1. The van der Waals surface area contributed by atoms with Crippen molar-refractivity contribution in [1.82, 2.24) is 20.4 Å². The summed E-state index contributed by atoms with van der Waals surface area (Å²) < 4.78 is 7.06. The first-order valence-corrected chi connectivity index (χ1v) is 11.6. The average molecular weight is 497 g/mol. The summed E-state index contributed by atoms with van der Waals surface area (Å²) in [6.45, 7) is 0.690. The Morgan fingerprint density at radius 2 is 1.74 bits per heavy atom. The molecule has 4 rings (SSSR count). The molecule has 3 N–H and O–H groups in total. The number of carbonyl (C=O) groups is 3. The van der Waals surface area contributed by atoms with E-state index in [1.54, 1.807) is 10.9 Å². The maximum absolute atomic E-state index is 12.6. The van der Waals surface area contributed by atoms with Crippen LogP contribution < -0.4 is 10.6 Å². The van der Waals surface area contributed by atoms with Gasteiger partial charge in [-0.1, -0.05) is 60.1 Å². The number of carbonyl (C=O) groups excluding carboxylic acids is 2. The van der Waals surface area contributed by atoms with Crippen molar-refractivity contribution in [3.8, 4) is 11.1 Å². The van der Waals surface area contributed by atoms with E-state index in [4.69, 9.17) is 21.4 Å². The normalized spacial score (nSPS) is 12.9. The molecule has 3 aromatic rings. The largest absolute Gasteiger partial charge is 0.481 e. The van der Waals surface area contributed by atoms with Crippen molar-refractivity contribution in [2.24, 2.45) is 0 Å². The number of ether oxygens (including phenoxy) is 1. The Morgan fingerprint density at radius 3 is 2.34 bits per heavy atom. The minimum Gasteiger partial charge on any atom is -0.481 e. The SMILES string of the molecule is O=C(O)CCC(NC(=O)OCC1c2ccccc2-c2ccccc21)C(=O)NCCn1cc(Cl)cn1. The third kappa shape index (κ3) is 5.99. The first-order valence-electron chi connectivity index (χ1n) is 11.2. The zero-order valence-corrected chi connectivity index (χ0v) is 19.6. The van der Waals surface area contributed by atoms with E-state index in [0.717, 1.165) is 22.3 Å². The summed E-state index contributed by atoms with van der Waals surface area (Å²) in [6.07, 6.45) is 1.97. The second-order valence-electron chi connectivity index (χ2n) is 8.17. The molecule has 0 spiro atoms. The van der Waals surface area contributed by atoms with Crippen LogP contribution in [0.3, 0.4) is 0 Å². The van der Waals surface area contributed by atoms with Gasteiger partial charge in [0, 0.05) is 25.1 Å². The Bertz CT molecular complexity index is 1180. The van der Waals surface area contributed by atoms with Crippen LogP contribution >= 0.6 is 11.6 Å². The topological polar surface area (TPSA) is 123 Å². The Kier molecular flexibility index (Phi) is 7.67. The number of nitrogens with one attached hydrogen (secondary N) is 2. The summed E-state index contributed by atoms with van der Waals surface area (Å²) in [6, 6.07) is 14.9. The first-order chi connectivity index (χ1) is 16.9. The van der Waals surface area contributed by atoms with Crippen LogP contribution in [0.1, 0.15) is 29.9 Å². The van der Waals surface area contributed by atoms with Crippen LogP contribution in [0, 0.1) is 0 Å². The van der Waals surface area contributed by atoms with Crippen molar-refractivity contribution in [3.63, 3.8) is 0 Å². The number of amides is 2. The molecule has 182 valence electrons. The van der Waals surface area contributed by atoms with Gasteiger partial charge in [-0.05, 0) is 28.7 Å². The number of nitrogens with zero attached hydrogens (tertiary/aromatic N) is 2. The highest BCUT2D eigenvalue weighted by molar-refractivity contribution is 6.30. The van der Waals surface area contributed by atoms with Crippen LogP contribution in [0.25, 0.3) is 11.1 Å². The number of alkyl carbamates (subject to hydrolysis) is 1. The molecule has 1 heterocycles. The lowest BCUT2D eigenvalue weighted by Crippen LogP contribution is -2.48. The molecule has 0 saturated heterocycles.